The molecule has 1 aliphatic heterocycles. The van der Waals surface area contributed by atoms with Gasteiger partial charge in [-0.1, -0.05) is 54.4 Å². The van der Waals surface area contributed by atoms with Crippen molar-refractivity contribution in [2.24, 2.45) is 5.41 Å². The Bertz CT molecular complexity index is 680. The Labute approximate surface area is 141 Å². The highest BCUT2D eigenvalue weighted by Crippen LogP contribution is 2.50. The van der Waals surface area contributed by atoms with E-state index in [2.05, 4.69) is 18.9 Å². The van der Waals surface area contributed by atoms with Crippen molar-refractivity contribution in [3.8, 4) is 0 Å². The lowest BCUT2D eigenvalue weighted by molar-refractivity contribution is -0.127. The summed E-state index contributed by atoms with van der Waals surface area (Å²) in [5.74, 6) is 0. The summed E-state index contributed by atoms with van der Waals surface area (Å²) in [6.45, 7) is 3.75. The lowest BCUT2D eigenvalue weighted by atomic mass is 9.62. The summed E-state index contributed by atoms with van der Waals surface area (Å²) in [5, 5.41) is 13.0. The number of halogens is 2. The van der Waals surface area contributed by atoms with E-state index in [4.69, 9.17) is 23.2 Å². The molecule has 0 spiro atoms. The van der Waals surface area contributed by atoms with Crippen LogP contribution in [0.1, 0.15) is 18.1 Å². The zero-order valence-electron chi connectivity index (χ0n) is 12.7. The van der Waals surface area contributed by atoms with Gasteiger partial charge in [0, 0.05) is 28.5 Å². The van der Waals surface area contributed by atoms with Gasteiger partial charge in [0.15, 0.2) is 0 Å². The number of rotatable bonds is 3. The Morgan fingerprint density at radius 2 is 1.64 bits per heavy atom. The molecule has 2 nitrogen and oxygen atoms in total. The lowest BCUT2D eigenvalue weighted by Gasteiger charge is -2.56. The third kappa shape index (κ3) is 2.44. The number of benzene rings is 2. The molecule has 3 rings (SSSR count). The molecule has 1 fully saturated rings. The zero-order chi connectivity index (χ0) is 16.0. The Balaban J connectivity index is 2.16. The second kappa shape index (κ2) is 5.54. The quantitative estimate of drug-likeness (QED) is 0.909. The van der Waals surface area contributed by atoms with Crippen LogP contribution in [0.25, 0.3) is 0 Å². The summed E-state index contributed by atoms with van der Waals surface area (Å²) in [7, 11) is 2.06. The highest BCUT2D eigenvalue weighted by atomic mass is 35.5. The standard InChI is InChI=1S/C18H19Cl2NO/c1-17(11-21(2)12-17)18(22,13-6-8-15(19)9-7-13)14-4-3-5-16(20)10-14/h3-10,22H,11-12H2,1-2H3. The van der Waals surface area contributed by atoms with E-state index >= 15 is 0 Å². The van der Waals surface area contributed by atoms with Crippen LogP contribution >= 0.6 is 23.2 Å². The minimum absolute atomic E-state index is 0.278. The second-order valence-corrected chi connectivity index (χ2v) is 7.33. The van der Waals surface area contributed by atoms with Crippen molar-refractivity contribution in [3.05, 3.63) is 69.7 Å². The fraction of sp³-hybridized carbons (Fsp3) is 0.333. The third-order valence-electron chi connectivity index (χ3n) is 4.62. The van der Waals surface area contributed by atoms with Gasteiger partial charge in [-0.05, 0) is 42.4 Å². The lowest BCUT2D eigenvalue weighted by Crippen LogP contribution is -2.63. The van der Waals surface area contributed by atoms with Crippen LogP contribution in [-0.4, -0.2) is 30.1 Å². The van der Waals surface area contributed by atoms with Crippen LogP contribution in [0.4, 0.5) is 0 Å². The smallest absolute Gasteiger partial charge is 0.122 e. The minimum atomic E-state index is -1.10. The molecule has 0 bridgehead atoms. The maximum absolute atomic E-state index is 11.7. The highest BCUT2D eigenvalue weighted by Gasteiger charge is 2.55. The molecule has 2 aromatic rings. The summed E-state index contributed by atoms with van der Waals surface area (Å²) in [5.41, 5.74) is 0.280. The summed E-state index contributed by atoms with van der Waals surface area (Å²) in [6.07, 6.45) is 0. The van der Waals surface area contributed by atoms with Crippen molar-refractivity contribution >= 4 is 23.2 Å². The van der Waals surface area contributed by atoms with Gasteiger partial charge >= 0.3 is 0 Å². The minimum Gasteiger partial charge on any atom is -0.380 e. The molecule has 0 radical (unpaired) electrons. The molecule has 1 N–H and O–H groups in total. The molecule has 0 amide bonds. The maximum Gasteiger partial charge on any atom is 0.122 e. The van der Waals surface area contributed by atoms with Crippen molar-refractivity contribution in [2.75, 3.05) is 20.1 Å². The zero-order valence-corrected chi connectivity index (χ0v) is 14.2. The molecule has 2 aromatic carbocycles. The molecular weight excluding hydrogens is 317 g/mol. The average Bonchev–Trinajstić information content (AvgIpc) is 2.45. The molecule has 116 valence electrons. The van der Waals surface area contributed by atoms with Crippen molar-refractivity contribution < 1.29 is 5.11 Å². The third-order valence-corrected chi connectivity index (χ3v) is 5.10. The maximum atomic E-state index is 11.7. The van der Waals surface area contributed by atoms with E-state index in [-0.39, 0.29) is 5.41 Å². The van der Waals surface area contributed by atoms with Gasteiger partial charge in [0.25, 0.3) is 0 Å². The van der Waals surface area contributed by atoms with E-state index in [1.165, 1.54) is 0 Å². The van der Waals surface area contributed by atoms with Crippen LogP contribution in [0.2, 0.25) is 10.0 Å². The molecule has 0 aromatic heterocycles. The van der Waals surface area contributed by atoms with Crippen LogP contribution in [0.5, 0.6) is 0 Å². The van der Waals surface area contributed by atoms with Crippen molar-refractivity contribution in [2.45, 2.75) is 12.5 Å². The van der Waals surface area contributed by atoms with Crippen LogP contribution in [0.3, 0.4) is 0 Å². The average molecular weight is 336 g/mol. The summed E-state index contributed by atoms with van der Waals surface area (Å²) >= 11 is 12.2. The first-order valence-electron chi connectivity index (χ1n) is 7.28. The number of nitrogens with zero attached hydrogens (tertiary/aromatic N) is 1. The number of hydrogen-bond donors (Lipinski definition) is 1. The number of likely N-dealkylation sites (tertiary alicyclic amines) is 1. The first-order valence-corrected chi connectivity index (χ1v) is 8.04. The Morgan fingerprint density at radius 1 is 1.00 bits per heavy atom. The number of hydrogen-bond acceptors (Lipinski definition) is 2. The molecule has 0 saturated carbocycles. The van der Waals surface area contributed by atoms with E-state index in [9.17, 15) is 5.11 Å². The Hall–Kier alpha value is -1.06. The van der Waals surface area contributed by atoms with E-state index in [0.29, 0.717) is 10.0 Å². The first kappa shape index (κ1) is 15.8. The molecule has 1 heterocycles. The molecule has 0 aliphatic carbocycles. The number of aliphatic hydroxyl groups is 1. The van der Waals surface area contributed by atoms with Crippen molar-refractivity contribution in [1.29, 1.82) is 0 Å². The predicted molar refractivity (Wildman–Crippen MR) is 91.5 cm³/mol. The van der Waals surface area contributed by atoms with E-state index in [1.807, 2.05) is 48.5 Å². The fourth-order valence-electron chi connectivity index (χ4n) is 3.64. The molecule has 1 atom stereocenters. The first-order chi connectivity index (χ1) is 10.3. The van der Waals surface area contributed by atoms with Gasteiger partial charge in [0.2, 0.25) is 0 Å². The van der Waals surface area contributed by atoms with Crippen LogP contribution in [-0.2, 0) is 5.60 Å². The van der Waals surface area contributed by atoms with Crippen LogP contribution in [0.15, 0.2) is 48.5 Å². The molecule has 1 saturated heterocycles. The Morgan fingerprint density at radius 3 is 2.18 bits per heavy atom. The SMILES string of the molecule is CN1CC(C)(C(O)(c2ccc(Cl)cc2)c2cccc(Cl)c2)C1. The molecule has 4 heteroatoms. The van der Waals surface area contributed by atoms with E-state index in [1.54, 1.807) is 0 Å². The van der Waals surface area contributed by atoms with Gasteiger partial charge in [-0.15, -0.1) is 0 Å². The summed E-state index contributed by atoms with van der Waals surface area (Å²) < 4.78 is 0. The summed E-state index contributed by atoms with van der Waals surface area (Å²) in [4.78, 5) is 2.20. The molecular formula is C18H19Cl2NO. The van der Waals surface area contributed by atoms with E-state index in [0.717, 1.165) is 24.2 Å². The van der Waals surface area contributed by atoms with Gasteiger partial charge in [0.05, 0.1) is 0 Å². The fourth-order valence-corrected chi connectivity index (χ4v) is 3.96. The van der Waals surface area contributed by atoms with Crippen LogP contribution in [0, 0.1) is 5.41 Å². The van der Waals surface area contributed by atoms with E-state index < -0.39 is 5.60 Å². The van der Waals surface area contributed by atoms with Crippen molar-refractivity contribution in [3.63, 3.8) is 0 Å². The monoisotopic (exact) mass is 335 g/mol. The molecule has 1 unspecified atom stereocenters. The van der Waals surface area contributed by atoms with Gasteiger partial charge in [-0.25, -0.2) is 0 Å². The summed E-state index contributed by atoms with van der Waals surface area (Å²) in [6, 6.07) is 14.9. The van der Waals surface area contributed by atoms with Crippen molar-refractivity contribution in [1.82, 2.24) is 4.90 Å². The van der Waals surface area contributed by atoms with Gasteiger partial charge in [-0.3, -0.25) is 0 Å². The van der Waals surface area contributed by atoms with Gasteiger partial charge < -0.3 is 10.0 Å². The largest absolute Gasteiger partial charge is 0.380 e. The Kier molecular flexibility index (Phi) is 3.98. The van der Waals surface area contributed by atoms with Crippen LogP contribution < -0.4 is 0 Å². The normalized spacial score (nSPS) is 20.2. The molecule has 1 aliphatic rings. The predicted octanol–water partition coefficient (Wildman–Crippen LogP) is 4.18. The molecule has 22 heavy (non-hydrogen) atoms. The highest BCUT2D eigenvalue weighted by molar-refractivity contribution is 6.30. The second-order valence-electron chi connectivity index (χ2n) is 6.46. The van der Waals surface area contributed by atoms with Gasteiger partial charge in [-0.2, -0.15) is 0 Å². The van der Waals surface area contributed by atoms with Gasteiger partial charge in [0.1, 0.15) is 5.60 Å². The topological polar surface area (TPSA) is 23.5 Å².